The zero-order valence-electron chi connectivity index (χ0n) is 7.41. The average Bonchev–Trinajstić information content (AvgIpc) is 2.03. The van der Waals surface area contributed by atoms with Crippen LogP contribution in [0.1, 0.15) is 33.5 Å². The van der Waals surface area contributed by atoms with Crippen LogP contribution in [0.25, 0.3) is 0 Å². The van der Waals surface area contributed by atoms with Gasteiger partial charge in [-0.15, -0.1) is 0 Å². The zero-order valence-corrected chi connectivity index (χ0v) is 9.00. The summed E-state index contributed by atoms with van der Waals surface area (Å²) in [5.74, 6) is -0.932. The molecule has 0 saturated heterocycles. The minimum absolute atomic E-state index is 0.147. The van der Waals surface area contributed by atoms with Crippen LogP contribution in [0.3, 0.4) is 0 Å². The third-order valence-electron chi connectivity index (χ3n) is 1.75. The van der Waals surface area contributed by atoms with E-state index >= 15 is 0 Å². The van der Waals surface area contributed by atoms with Gasteiger partial charge in [-0.25, -0.2) is 4.79 Å². The Morgan fingerprint density at radius 3 is 2.62 bits per heavy atom. The number of aromatic carboxylic acids is 1. The molecular weight excluding hydrogens is 234 g/mol. The number of rotatable bonds is 2. The molecule has 1 rings (SSSR count). The fourth-order valence-electron chi connectivity index (χ4n) is 1.03. The van der Waals surface area contributed by atoms with Gasteiger partial charge in [0.25, 0.3) is 0 Å². The van der Waals surface area contributed by atoms with Gasteiger partial charge in [0.15, 0.2) is 0 Å². The van der Waals surface area contributed by atoms with Crippen LogP contribution in [0.5, 0.6) is 0 Å². The molecule has 13 heavy (non-hydrogen) atoms. The molecule has 0 aliphatic heterocycles. The Hall–Kier alpha value is -0.900. The van der Waals surface area contributed by atoms with Crippen molar-refractivity contribution in [1.82, 2.24) is 4.98 Å². The largest absolute Gasteiger partial charge is 0.478 e. The molecule has 0 aliphatic rings. The van der Waals surface area contributed by atoms with Crippen LogP contribution in [0.15, 0.2) is 12.1 Å². The first-order chi connectivity index (χ1) is 6.02. The lowest BCUT2D eigenvalue weighted by Gasteiger charge is -2.05. The van der Waals surface area contributed by atoms with Crippen molar-refractivity contribution in [2.24, 2.45) is 0 Å². The maximum atomic E-state index is 10.7. The maximum Gasteiger partial charge on any atom is 0.337 e. The molecule has 1 N–H and O–H groups in total. The summed E-state index contributed by atoms with van der Waals surface area (Å²) >= 11 is 3.37. The van der Waals surface area contributed by atoms with Gasteiger partial charge in [0.05, 0.1) is 21.8 Å². The number of hydrogen-bond donors (Lipinski definition) is 1. The number of nitrogens with zero attached hydrogens (tertiary/aromatic N) is 1. The van der Waals surface area contributed by atoms with E-state index in [0.29, 0.717) is 5.69 Å². The molecule has 0 bridgehead atoms. The molecule has 1 aromatic rings. The molecule has 3 nitrogen and oxygen atoms in total. The van der Waals surface area contributed by atoms with Crippen molar-refractivity contribution in [3.63, 3.8) is 0 Å². The van der Waals surface area contributed by atoms with Gasteiger partial charge >= 0.3 is 5.97 Å². The standard InChI is InChI=1S/C9H10BrNO2/c1-5(10)8-4-3-7(9(12)13)6(2)11-8/h3-5H,1-2H3,(H,12,13). The van der Waals surface area contributed by atoms with E-state index in [1.165, 1.54) is 0 Å². The summed E-state index contributed by atoms with van der Waals surface area (Å²) in [6.45, 7) is 3.64. The van der Waals surface area contributed by atoms with E-state index in [4.69, 9.17) is 5.11 Å². The van der Waals surface area contributed by atoms with Crippen molar-refractivity contribution in [1.29, 1.82) is 0 Å². The van der Waals surface area contributed by atoms with Crippen molar-refractivity contribution in [2.45, 2.75) is 18.7 Å². The van der Waals surface area contributed by atoms with Crippen LogP contribution in [0.4, 0.5) is 0 Å². The quantitative estimate of drug-likeness (QED) is 0.813. The van der Waals surface area contributed by atoms with Gasteiger partial charge in [-0.3, -0.25) is 4.98 Å². The van der Waals surface area contributed by atoms with Crippen LogP contribution >= 0.6 is 15.9 Å². The summed E-state index contributed by atoms with van der Waals surface area (Å²) in [6.07, 6.45) is 0. The second-order valence-electron chi connectivity index (χ2n) is 2.79. The number of halogens is 1. The summed E-state index contributed by atoms with van der Waals surface area (Å²) in [4.78, 5) is 15.0. The van der Waals surface area contributed by atoms with E-state index < -0.39 is 5.97 Å². The van der Waals surface area contributed by atoms with Gasteiger partial charge < -0.3 is 5.11 Å². The Morgan fingerprint density at radius 2 is 2.23 bits per heavy atom. The second-order valence-corrected chi connectivity index (χ2v) is 4.16. The molecule has 70 valence electrons. The molecule has 0 aromatic carbocycles. The van der Waals surface area contributed by atoms with E-state index in [-0.39, 0.29) is 10.4 Å². The molecular formula is C9H10BrNO2. The van der Waals surface area contributed by atoms with Gasteiger partial charge in [-0.05, 0) is 26.0 Å². The summed E-state index contributed by atoms with van der Waals surface area (Å²) in [5.41, 5.74) is 1.66. The molecule has 4 heteroatoms. The summed E-state index contributed by atoms with van der Waals surface area (Å²) in [5, 5.41) is 8.74. The second kappa shape index (κ2) is 3.87. The van der Waals surface area contributed by atoms with E-state index in [9.17, 15) is 4.79 Å². The smallest absolute Gasteiger partial charge is 0.337 e. The topological polar surface area (TPSA) is 50.2 Å². The Kier molecular flexibility index (Phi) is 3.03. The van der Waals surface area contributed by atoms with Crippen LogP contribution in [0.2, 0.25) is 0 Å². The number of aromatic nitrogens is 1. The van der Waals surface area contributed by atoms with Gasteiger partial charge in [-0.2, -0.15) is 0 Å². The number of carboxylic acid groups (broad SMARTS) is 1. The molecule has 1 atom stereocenters. The van der Waals surface area contributed by atoms with E-state index in [0.717, 1.165) is 5.69 Å². The Balaban J connectivity index is 3.13. The van der Waals surface area contributed by atoms with Gasteiger partial charge in [-0.1, -0.05) is 15.9 Å². The summed E-state index contributed by atoms with van der Waals surface area (Å²) < 4.78 is 0. The predicted molar refractivity (Wildman–Crippen MR) is 53.3 cm³/mol. The van der Waals surface area contributed by atoms with Gasteiger partial charge in [0.1, 0.15) is 0 Å². The first kappa shape index (κ1) is 10.2. The first-order valence-corrected chi connectivity index (χ1v) is 4.79. The van der Waals surface area contributed by atoms with Crippen LogP contribution in [-0.2, 0) is 0 Å². The van der Waals surface area contributed by atoms with Crippen LogP contribution in [0, 0.1) is 6.92 Å². The maximum absolute atomic E-state index is 10.7. The minimum Gasteiger partial charge on any atom is -0.478 e. The fourth-order valence-corrected chi connectivity index (χ4v) is 1.28. The lowest BCUT2D eigenvalue weighted by molar-refractivity contribution is 0.0695. The predicted octanol–water partition coefficient (Wildman–Crippen LogP) is 2.54. The first-order valence-electron chi connectivity index (χ1n) is 3.87. The highest BCUT2D eigenvalue weighted by Gasteiger charge is 2.10. The van der Waals surface area contributed by atoms with Crippen molar-refractivity contribution >= 4 is 21.9 Å². The normalized spacial score (nSPS) is 12.5. The number of alkyl halides is 1. The number of aryl methyl sites for hydroxylation is 1. The van der Waals surface area contributed by atoms with E-state index in [1.807, 2.05) is 6.92 Å². The molecule has 0 saturated carbocycles. The lowest BCUT2D eigenvalue weighted by atomic mass is 10.1. The number of carboxylic acids is 1. The third-order valence-corrected chi connectivity index (χ3v) is 2.21. The summed E-state index contributed by atoms with van der Waals surface area (Å²) in [7, 11) is 0. The molecule has 0 amide bonds. The Morgan fingerprint density at radius 1 is 1.62 bits per heavy atom. The van der Waals surface area contributed by atoms with Crippen LogP contribution in [-0.4, -0.2) is 16.1 Å². The van der Waals surface area contributed by atoms with E-state index in [1.54, 1.807) is 19.1 Å². The molecule has 0 aliphatic carbocycles. The Bertz CT molecular complexity index is 336. The Labute approximate surface area is 84.9 Å². The lowest BCUT2D eigenvalue weighted by Crippen LogP contribution is -2.03. The fraction of sp³-hybridized carbons (Fsp3) is 0.333. The number of carbonyl (C=O) groups is 1. The minimum atomic E-state index is -0.932. The highest BCUT2D eigenvalue weighted by atomic mass is 79.9. The summed E-state index contributed by atoms with van der Waals surface area (Å²) in [6, 6.07) is 3.30. The highest BCUT2D eigenvalue weighted by molar-refractivity contribution is 9.09. The molecule has 0 radical (unpaired) electrons. The van der Waals surface area contributed by atoms with Crippen molar-refractivity contribution in [3.05, 3.63) is 29.1 Å². The highest BCUT2D eigenvalue weighted by Crippen LogP contribution is 2.20. The molecule has 1 aromatic heterocycles. The van der Waals surface area contributed by atoms with Crippen molar-refractivity contribution < 1.29 is 9.90 Å². The monoisotopic (exact) mass is 243 g/mol. The van der Waals surface area contributed by atoms with E-state index in [2.05, 4.69) is 20.9 Å². The van der Waals surface area contributed by atoms with Crippen LogP contribution < -0.4 is 0 Å². The number of hydrogen-bond acceptors (Lipinski definition) is 2. The van der Waals surface area contributed by atoms with Gasteiger partial charge in [0, 0.05) is 0 Å². The number of pyridine rings is 1. The molecule has 1 heterocycles. The van der Waals surface area contributed by atoms with Crippen molar-refractivity contribution in [2.75, 3.05) is 0 Å². The zero-order chi connectivity index (χ0) is 10.0. The third kappa shape index (κ3) is 2.28. The molecule has 0 spiro atoms. The average molecular weight is 244 g/mol. The SMILES string of the molecule is Cc1nc(C(C)Br)ccc1C(=O)O. The molecule has 0 fully saturated rings. The van der Waals surface area contributed by atoms with Crippen molar-refractivity contribution in [3.8, 4) is 0 Å². The van der Waals surface area contributed by atoms with Gasteiger partial charge in [0.2, 0.25) is 0 Å². The molecule has 1 unspecified atom stereocenters.